The molecule has 1 spiro atoms. The highest BCUT2D eigenvalue weighted by molar-refractivity contribution is 5.73. The second-order valence-corrected chi connectivity index (χ2v) is 10.4. The van der Waals surface area contributed by atoms with Crippen molar-refractivity contribution in [1.82, 2.24) is 19.1 Å². The summed E-state index contributed by atoms with van der Waals surface area (Å²) >= 11 is 0. The van der Waals surface area contributed by atoms with E-state index in [-0.39, 0.29) is 17.1 Å². The lowest BCUT2D eigenvalue weighted by Gasteiger charge is -2.73. The van der Waals surface area contributed by atoms with Gasteiger partial charge >= 0.3 is 5.69 Å². The monoisotopic (exact) mass is 428 g/mol. The maximum Gasteiger partial charge on any atom is 0.330 e. The number of aryl methyl sites for hydroxylation is 2. The molecule has 0 saturated heterocycles. The van der Waals surface area contributed by atoms with Gasteiger partial charge in [0, 0.05) is 24.2 Å². The molecule has 162 valence electrons. The number of benzene rings is 1. The molecule has 0 aliphatic heterocycles. The van der Waals surface area contributed by atoms with Gasteiger partial charge in [0.05, 0.1) is 23.4 Å². The van der Waals surface area contributed by atoms with Gasteiger partial charge in [-0.25, -0.2) is 9.78 Å². The summed E-state index contributed by atoms with van der Waals surface area (Å²) in [6.07, 6.45) is 5.67. The molecule has 4 saturated carbocycles. The molecule has 4 fully saturated rings. The lowest BCUT2D eigenvalue weighted by molar-refractivity contribution is -0.310. The van der Waals surface area contributed by atoms with Crippen LogP contribution in [0.4, 0.5) is 11.6 Å². The van der Waals surface area contributed by atoms with Crippen molar-refractivity contribution in [1.29, 1.82) is 5.26 Å². The third-order valence-corrected chi connectivity index (χ3v) is 9.14. The molecule has 2 N–H and O–H groups in total. The average molecular weight is 428 g/mol. The van der Waals surface area contributed by atoms with Gasteiger partial charge in [-0.2, -0.15) is 10.2 Å². The SMILES string of the molecule is Cc1cc(C#N)ccc1Nc1ncc2c(n1)n(C1C3CC4CC5(O)CC1C35C4)c(=O)n2C. The van der Waals surface area contributed by atoms with Crippen molar-refractivity contribution in [2.75, 3.05) is 5.32 Å². The van der Waals surface area contributed by atoms with E-state index in [1.807, 2.05) is 23.6 Å². The number of aromatic nitrogens is 4. The molecule has 8 heteroatoms. The molecule has 1 aromatic carbocycles. The number of nitrogens with zero attached hydrogens (tertiary/aromatic N) is 5. The highest BCUT2D eigenvalue weighted by Crippen LogP contribution is 2.85. The van der Waals surface area contributed by atoms with Gasteiger partial charge in [0.1, 0.15) is 5.52 Å². The fraction of sp³-hybridized carbons (Fsp3) is 0.500. The smallest absolute Gasteiger partial charge is 0.330 e. The Morgan fingerprint density at radius 2 is 2.12 bits per heavy atom. The largest absolute Gasteiger partial charge is 0.389 e. The molecule has 0 radical (unpaired) electrons. The number of fused-ring (bicyclic) bond motifs is 2. The Hall–Kier alpha value is -3.18. The number of hydrogen-bond donors (Lipinski definition) is 2. The Labute approximate surface area is 184 Å². The van der Waals surface area contributed by atoms with Crippen molar-refractivity contribution in [3.8, 4) is 6.07 Å². The first-order chi connectivity index (χ1) is 15.4. The van der Waals surface area contributed by atoms with Crippen LogP contribution in [-0.4, -0.2) is 29.8 Å². The van der Waals surface area contributed by atoms with E-state index in [9.17, 15) is 9.90 Å². The maximum atomic E-state index is 13.3. The topological polar surface area (TPSA) is 109 Å². The summed E-state index contributed by atoms with van der Waals surface area (Å²) in [4.78, 5) is 22.5. The zero-order valence-corrected chi connectivity index (χ0v) is 18.0. The van der Waals surface area contributed by atoms with E-state index in [0.717, 1.165) is 42.5 Å². The van der Waals surface area contributed by atoms with Gasteiger partial charge in [-0.3, -0.25) is 9.13 Å². The molecule has 2 aromatic heterocycles. The molecule has 2 bridgehead atoms. The Bertz CT molecular complexity index is 1430. The first kappa shape index (κ1) is 18.4. The molecule has 4 aliphatic carbocycles. The second kappa shape index (κ2) is 5.59. The van der Waals surface area contributed by atoms with Crippen molar-refractivity contribution in [2.24, 2.45) is 30.2 Å². The molecule has 6 unspecified atom stereocenters. The normalized spacial score (nSPS) is 35.8. The molecule has 2 heterocycles. The van der Waals surface area contributed by atoms with Gasteiger partial charge in [-0.1, -0.05) is 0 Å². The van der Waals surface area contributed by atoms with Crippen LogP contribution >= 0.6 is 0 Å². The number of anilines is 2. The van der Waals surface area contributed by atoms with Crippen molar-refractivity contribution < 1.29 is 5.11 Å². The third kappa shape index (κ3) is 1.91. The fourth-order valence-corrected chi connectivity index (χ4v) is 7.95. The predicted molar refractivity (Wildman–Crippen MR) is 117 cm³/mol. The third-order valence-electron chi connectivity index (χ3n) is 9.14. The van der Waals surface area contributed by atoms with Crippen LogP contribution < -0.4 is 11.0 Å². The Kier molecular flexibility index (Phi) is 3.22. The summed E-state index contributed by atoms with van der Waals surface area (Å²) in [6.45, 7) is 1.93. The Morgan fingerprint density at radius 1 is 1.28 bits per heavy atom. The Morgan fingerprint density at radius 3 is 2.88 bits per heavy atom. The summed E-state index contributed by atoms with van der Waals surface area (Å²) in [7, 11) is 1.77. The van der Waals surface area contributed by atoms with Gasteiger partial charge in [0.2, 0.25) is 5.95 Å². The van der Waals surface area contributed by atoms with E-state index in [1.54, 1.807) is 23.9 Å². The van der Waals surface area contributed by atoms with E-state index < -0.39 is 5.60 Å². The van der Waals surface area contributed by atoms with Gasteiger partial charge < -0.3 is 10.4 Å². The zero-order chi connectivity index (χ0) is 22.0. The number of imidazole rings is 1. The quantitative estimate of drug-likeness (QED) is 0.664. The van der Waals surface area contributed by atoms with Crippen LogP contribution in [0.25, 0.3) is 11.2 Å². The second-order valence-electron chi connectivity index (χ2n) is 10.4. The fourth-order valence-electron chi connectivity index (χ4n) is 7.95. The standard InChI is InChI=1S/C24H24N6O2/c1-12-5-13(10-25)3-4-17(12)27-21-26-11-18-20(28-21)30(22(31)29(18)2)19-15-6-14-7-23(32)9-16(19)24(15,23)8-14/h3-5,11,14-16,19,32H,6-9H2,1-2H3,(H,26,27,28). The van der Waals surface area contributed by atoms with Crippen molar-refractivity contribution in [2.45, 2.75) is 44.2 Å². The number of nitriles is 1. The first-order valence-electron chi connectivity index (χ1n) is 11.3. The summed E-state index contributed by atoms with van der Waals surface area (Å²) in [5.41, 5.74) is 3.21. The van der Waals surface area contributed by atoms with Crippen LogP contribution in [0.5, 0.6) is 0 Å². The summed E-state index contributed by atoms with van der Waals surface area (Å²) < 4.78 is 3.52. The zero-order valence-electron chi connectivity index (χ0n) is 18.0. The van der Waals surface area contributed by atoms with E-state index in [0.29, 0.717) is 34.9 Å². The molecule has 7 rings (SSSR count). The van der Waals surface area contributed by atoms with Crippen LogP contribution in [0.1, 0.15) is 42.9 Å². The number of rotatable bonds is 3. The van der Waals surface area contributed by atoms with Crippen molar-refractivity contribution in [3.63, 3.8) is 0 Å². The van der Waals surface area contributed by atoms with Gasteiger partial charge in [0.25, 0.3) is 0 Å². The van der Waals surface area contributed by atoms with Crippen molar-refractivity contribution in [3.05, 3.63) is 46.0 Å². The molecule has 3 aromatic rings. The van der Waals surface area contributed by atoms with Gasteiger partial charge in [-0.05, 0) is 74.1 Å². The molecule has 32 heavy (non-hydrogen) atoms. The number of nitrogens with one attached hydrogen (secondary N) is 1. The van der Waals surface area contributed by atoms with E-state index in [1.165, 1.54) is 0 Å². The average Bonchev–Trinajstić information content (AvgIpc) is 3.34. The number of hydrogen-bond acceptors (Lipinski definition) is 6. The maximum absolute atomic E-state index is 13.3. The molecule has 8 nitrogen and oxygen atoms in total. The van der Waals surface area contributed by atoms with Gasteiger partial charge in [0.15, 0.2) is 5.65 Å². The van der Waals surface area contributed by atoms with Crippen LogP contribution in [0, 0.1) is 41.4 Å². The summed E-state index contributed by atoms with van der Waals surface area (Å²) in [5.74, 6) is 1.74. The molecular formula is C24H24N6O2. The minimum atomic E-state index is -0.495. The molecular weight excluding hydrogens is 404 g/mol. The molecule has 0 amide bonds. The van der Waals surface area contributed by atoms with E-state index in [2.05, 4.69) is 16.4 Å². The van der Waals surface area contributed by atoms with Crippen LogP contribution in [0.2, 0.25) is 0 Å². The van der Waals surface area contributed by atoms with Crippen LogP contribution in [0.3, 0.4) is 0 Å². The molecule has 4 aliphatic rings. The highest BCUT2D eigenvalue weighted by Gasteiger charge is 2.84. The Balaban J connectivity index is 1.30. The summed E-state index contributed by atoms with van der Waals surface area (Å²) in [5, 5.41) is 23.5. The van der Waals surface area contributed by atoms with Crippen molar-refractivity contribution >= 4 is 22.8 Å². The lowest BCUT2D eigenvalue weighted by Crippen LogP contribution is -2.75. The predicted octanol–water partition coefficient (Wildman–Crippen LogP) is 2.78. The minimum Gasteiger partial charge on any atom is -0.389 e. The minimum absolute atomic E-state index is 0.0393. The molecule has 6 atom stereocenters. The lowest BCUT2D eigenvalue weighted by atomic mass is 9.34. The van der Waals surface area contributed by atoms with Crippen LogP contribution in [0.15, 0.2) is 29.2 Å². The van der Waals surface area contributed by atoms with E-state index in [4.69, 9.17) is 10.2 Å². The number of aliphatic hydroxyl groups is 1. The first-order valence-corrected chi connectivity index (χ1v) is 11.3. The highest BCUT2D eigenvalue weighted by atomic mass is 16.3. The van der Waals surface area contributed by atoms with E-state index >= 15 is 0 Å². The van der Waals surface area contributed by atoms with Crippen LogP contribution in [-0.2, 0) is 7.05 Å². The summed E-state index contributed by atoms with van der Waals surface area (Å²) in [6, 6.07) is 7.68. The van der Waals surface area contributed by atoms with Gasteiger partial charge in [-0.15, -0.1) is 0 Å².